The normalized spacial score (nSPS) is 11.1. The minimum Gasteiger partial charge on any atom is -0.481 e. The van der Waals surface area contributed by atoms with Gasteiger partial charge in [-0.05, 0) is 46.9 Å². The van der Waals surface area contributed by atoms with Crippen molar-refractivity contribution in [2.24, 2.45) is 0 Å². The van der Waals surface area contributed by atoms with Crippen molar-refractivity contribution < 1.29 is 19.8 Å². The van der Waals surface area contributed by atoms with Crippen LogP contribution in [-0.2, 0) is 24.2 Å². The van der Waals surface area contributed by atoms with Crippen LogP contribution in [0.5, 0.6) is 0 Å². The minimum absolute atomic E-state index is 0.0607. The molecule has 198 valence electrons. The quantitative estimate of drug-likeness (QED) is 0.246. The van der Waals surface area contributed by atoms with Gasteiger partial charge in [0, 0.05) is 30.4 Å². The van der Waals surface area contributed by atoms with Crippen LogP contribution in [-0.4, -0.2) is 56.9 Å². The molecule has 5 aromatic rings. The van der Waals surface area contributed by atoms with E-state index in [0.717, 1.165) is 28.7 Å². The summed E-state index contributed by atoms with van der Waals surface area (Å²) in [6.07, 6.45) is 2.92. The highest BCUT2D eigenvalue weighted by molar-refractivity contribution is 5.90. The highest BCUT2D eigenvalue weighted by Crippen LogP contribution is 2.30. The molecule has 0 fully saturated rings. The first-order chi connectivity index (χ1) is 18.9. The van der Waals surface area contributed by atoms with Gasteiger partial charge in [0.25, 0.3) is 0 Å². The van der Waals surface area contributed by atoms with Crippen molar-refractivity contribution >= 4 is 11.9 Å². The fourth-order valence-corrected chi connectivity index (χ4v) is 4.76. The number of nitrogens with zero attached hydrogens (tertiary/aromatic N) is 6. The van der Waals surface area contributed by atoms with E-state index in [4.69, 9.17) is 4.98 Å². The Kier molecular flexibility index (Phi) is 7.04. The molecule has 0 spiro atoms. The van der Waals surface area contributed by atoms with Crippen LogP contribution in [0.1, 0.15) is 46.5 Å². The molecule has 0 radical (unpaired) electrons. The zero-order valence-electron chi connectivity index (χ0n) is 21.5. The van der Waals surface area contributed by atoms with Gasteiger partial charge in [-0.3, -0.25) is 4.79 Å². The Balaban J connectivity index is 1.51. The molecule has 0 atom stereocenters. The molecule has 39 heavy (non-hydrogen) atoms. The van der Waals surface area contributed by atoms with E-state index in [9.17, 15) is 19.8 Å². The number of aromatic amines is 1. The molecule has 0 aliphatic heterocycles. The predicted molar refractivity (Wildman–Crippen MR) is 143 cm³/mol. The molecular formula is C28H27N7O4. The molecule has 11 nitrogen and oxygen atoms in total. The summed E-state index contributed by atoms with van der Waals surface area (Å²) in [5, 5.41) is 33.8. The number of aromatic carboxylic acids is 1. The number of carboxylic acids is 2. The van der Waals surface area contributed by atoms with Gasteiger partial charge in [-0.15, -0.1) is 10.2 Å². The summed E-state index contributed by atoms with van der Waals surface area (Å²) in [4.78, 5) is 28.5. The van der Waals surface area contributed by atoms with E-state index >= 15 is 0 Å². The Morgan fingerprint density at radius 2 is 1.74 bits per heavy atom. The Morgan fingerprint density at radius 3 is 2.38 bits per heavy atom. The lowest BCUT2D eigenvalue weighted by Gasteiger charge is -2.12. The smallest absolute Gasteiger partial charge is 0.356 e. The third-order valence-corrected chi connectivity index (χ3v) is 6.64. The molecule has 2 aromatic carbocycles. The first-order valence-electron chi connectivity index (χ1n) is 12.5. The lowest BCUT2D eigenvalue weighted by Crippen LogP contribution is -2.14. The Morgan fingerprint density at radius 1 is 1.00 bits per heavy atom. The van der Waals surface area contributed by atoms with Gasteiger partial charge in [0.1, 0.15) is 5.82 Å². The summed E-state index contributed by atoms with van der Waals surface area (Å²) < 4.78 is 3.40. The highest BCUT2D eigenvalue weighted by atomic mass is 16.4. The van der Waals surface area contributed by atoms with Crippen molar-refractivity contribution in [2.45, 2.75) is 39.7 Å². The van der Waals surface area contributed by atoms with Crippen LogP contribution in [0.3, 0.4) is 0 Å². The van der Waals surface area contributed by atoms with E-state index in [1.54, 1.807) is 28.3 Å². The predicted octanol–water partition coefficient (Wildman–Crippen LogP) is 4.16. The number of nitrogens with one attached hydrogen (secondary N) is 1. The number of aliphatic carboxylic acids is 1. The van der Waals surface area contributed by atoms with Crippen LogP contribution in [0.2, 0.25) is 0 Å². The Bertz CT molecular complexity index is 1630. The second-order valence-electron chi connectivity index (χ2n) is 9.19. The maximum Gasteiger partial charge on any atom is 0.356 e. The number of aryl methyl sites for hydroxylation is 1. The summed E-state index contributed by atoms with van der Waals surface area (Å²) in [6.45, 7) is 4.10. The topological polar surface area (TPSA) is 152 Å². The molecule has 5 rings (SSSR count). The number of carbonyl (C=O) groups is 2. The van der Waals surface area contributed by atoms with E-state index in [2.05, 4.69) is 20.6 Å². The summed E-state index contributed by atoms with van der Waals surface area (Å²) >= 11 is 0. The third kappa shape index (κ3) is 5.06. The second-order valence-corrected chi connectivity index (χ2v) is 9.19. The van der Waals surface area contributed by atoms with Crippen LogP contribution >= 0.6 is 0 Å². The van der Waals surface area contributed by atoms with Gasteiger partial charge < -0.3 is 19.3 Å². The van der Waals surface area contributed by atoms with Crippen molar-refractivity contribution in [3.05, 3.63) is 89.1 Å². The van der Waals surface area contributed by atoms with Gasteiger partial charge in [0.15, 0.2) is 11.5 Å². The highest BCUT2D eigenvalue weighted by Gasteiger charge is 2.25. The Hall–Kier alpha value is -5.06. The number of benzene rings is 2. The maximum atomic E-state index is 12.5. The van der Waals surface area contributed by atoms with Gasteiger partial charge in [0.05, 0.1) is 6.42 Å². The summed E-state index contributed by atoms with van der Waals surface area (Å²) in [5.41, 5.74) is 5.00. The average Bonchev–Trinajstić information content (AvgIpc) is 3.65. The number of hydrogen-bond acceptors (Lipinski definition) is 6. The zero-order chi connectivity index (χ0) is 27.5. The first kappa shape index (κ1) is 25.6. The zero-order valence-corrected chi connectivity index (χ0v) is 21.5. The summed E-state index contributed by atoms with van der Waals surface area (Å²) in [5.74, 6) is -0.605. The number of imidazole rings is 1. The number of aromatic nitrogens is 7. The molecule has 0 bridgehead atoms. The first-order valence-corrected chi connectivity index (χ1v) is 12.5. The van der Waals surface area contributed by atoms with Gasteiger partial charge in [-0.2, -0.15) is 5.21 Å². The maximum absolute atomic E-state index is 12.5. The fraction of sp³-hybridized carbons (Fsp3) is 0.214. The lowest BCUT2D eigenvalue weighted by atomic mass is 9.98. The second kappa shape index (κ2) is 10.7. The van der Waals surface area contributed by atoms with Crippen LogP contribution in [0.25, 0.3) is 28.3 Å². The molecular weight excluding hydrogens is 498 g/mol. The monoisotopic (exact) mass is 525 g/mol. The molecule has 0 aliphatic carbocycles. The molecule has 0 aliphatic rings. The van der Waals surface area contributed by atoms with Gasteiger partial charge in [-0.1, -0.05) is 55.5 Å². The van der Waals surface area contributed by atoms with E-state index < -0.39 is 11.9 Å². The molecule has 0 saturated heterocycles. The molecule has 3 aromatic heterocycles. The number of rotatable bonds is 10. The number of carboxylic acid groups (broad SMARTS) is 2. The van der Waals surface area contributed by atoms with E-state index in [1.165, 1.54) is 0 Å². The largest absolute Gasteiger partial charge is 0.481 e. The fourth-order valence-electron chi connectivity index (χ4n) is 4.76. The van der Waals surface area contributed by atoms with Crippen molar-refractivity contribution in [3.8, 4) is 28.3 Å². The minimum atomic E-state index is -1.10. The van der Waals surface area contributed by atoms with Crippen LogP contribution in [0.4, 0.5) is 0 Å². The summed E-state index contributed by atoms with van der Waals surface area (Å²) in [6, 6.07) is 17.4. The van der Waals surface area contributed by atoms with Crippen LogP contribution in [0.15, 0.2) is 60.8 Å². The number of H-pyrrole nitrogens is 1. The van der Waals surface area contributed by atoms with Crippen molar-refractivity contribution in [1.29, 1.82) is 0 Å². The van der Waals surface area contributed by atoms with Crippen molar-refractivity contribution in [3.63, 3.8) is 0 Å². The lowest BCUT2D eigenvalue weighted by molar-refractivity contribution is -0.136. The molecule has 0 unspecified atom stereocenters. The SMILES string of the molecule is CCCc1nc(-n2ccc(CC(=O)O)c2C)c(C(=O)O)n1Cc1ccc(-c2ccccc2-c2nn[nH]n2)cc1. The van der Waals surface area contributed by atoms with E-state index in [-0.39, 0.29) is 17.9 Å². The molecule has 3 N–H and O–H groups in total. The van der Waals surface area contributed by atoms with Crippen LogP contribution in [0, 0.1) is 6.92 Å². The average molecular weight is 526 g/mol. The molecule has 0 saturated carbocycles. The van der Waals surface area contributed by atoms with E-state index in [1.807, 2.05) is 55.5 Å². The Labute approximate surface area is 223 Å². The van der Waals surface area contributed by atoms with Gasteiger partial charge >= 0.3 is 11.9 Å². The third-order valence-electron chi connectivity index (χ3n) is 6.64. The van der Waals surface area contributed by atoms with Crippen molar-refractivity contribution in [2.75, 3.05) is 0 Å². The standard InChI is InChI=1S/C28H27N7O4/c1-3-6-23-29-27(34-14-13-20(17(34)2)15-24(36)37)25(28(38)39)35(23)16-18-9-11-19(12-10-18)21-7-4-5-8-22(21)26-30-32-33-31-26/h4-5,7-14H,3,6,15-16H2,1-2H3,(H,36,37)(H,38,39)(H,30,31,32,33). The van der Waals surface area contributed by atoms with Crippen LogP contribution < -0.4 is 0 Å². The molecule has 11 heteroatoms. The van der Waals surface area contributed by atoms with E-state index in [0.29, 0.717) is 35.9 Å². The summed E-state index contributed by atoms with van der Waals surface area (Å²) in [7, 11) is 0. The number of hydrogen-bond donors (Lipinski definition) is 3. The van der Waals surface area contributed by atoms with Crippen molar-refractivity contribution in [1.82, 2.24) is 34.7 Å². The molecule has 3 heterocycles. The molecule has 0 amide bonds. The number of tetrazole rings is 1. The van der Waals surface area contributed by atoms with Gasteiger partial charge in [-0.25, -0.2) is 9.78 Å². The van der Waals surface area contributed by atoms with Gasteiger partial charge in [0.2, 0.25) is 5.82 Å².